The number of aromatic nitrogens is 1. The van der Waals surface area contributed by atoms with Crippen molar-refractivity contribution in [3.63, 3.8) is 0 Å². The molecule has 17 heavy (non-hydrogen) atoms. The van der Waals surface area contributed by atoms with Crippen molar-refractivity contribution in [2.24, 2.45) is 0 Å². The molecule has 1 aliphatic heterocycles. The van der Waals surface area contributed by atoms with Gasteiger partial charge in [0.2, 0.25) is 0 Å². The van der Waals surface area contributed by atoms with E-state index in [2.05, 4.69) is 37.9 Å². The Hall–Kier alpha value is -0.610. The van der Waals surface area contributed by atoms with Gasteiger partial charge in [-0.25, -0.2) is 4.98 Å². The summed E-state index contributed by atoms with van der Waals surface area (Å²) in [4.78, 5) is 7.01. The minimum atomic E-state index is 0.140. The molecular formula is C13H17BrN2O. The molecule has 0 aromatic carbocycles. The number of nitrogens with zero attached hydrogens (tertiary/aromatic N) is 2. The maximum absolute atomic E-state index is 5.93. The Balaban J connectivity index is 1.81. The molecule has 92 valence electrons. The molecule has 1 spiro atoms. The van der Waals surface area contributed by atoms with Crippen LogP contribution in [0.4, 0.5) is 5.82 Å². The van der Waals surface area contributed by atoms with Gasteiger partial charge in [0.25, 0.3) is 0 Å². The van der Waals surface area contributed by atoms with Crippen molar-refractivity contribution in [2.45, 2.75) is 31.8 Å². The molecule has 4 heteroatoms. The average molecular weight is 297 g/mol. The summed E-state index contributed by atoms with van der Waals surface area (Å²) < 4.78 is 7.01. The molecule has 0 atom stereocenters. The quantitative estimate of drug-likeness (QED) is 0.797. The summed E-state index contributed by atoms with van der Waals surface area (Å²) in [5.74, 6) is 1.08. The van der Waals surface area contributed by atoms with E-state index >= 15 is 0 Å². The predicted octanol–water partition coefficient (Wildman–Crippen LogP) is 2.91. The normalized spacial score (nSPS) is 22.6. The minimum absolute atomic E-state index is 0.140. The van der Waals surface area contributed by atoms with Crippen molar-refractivity contribution < 1.29 is 4.74 Å². The number of hydrogen-bond donors (Lipinski definition) is 0. The smallest absolute Gasteiger partial charge is 0.129 e. The molecule has 3 nitrogen and oxygen atoms in total. The van der Waals surface area contributed by atoms with Gasteiger partial charge >= 0.3 is 0 Å². The molecular weight excluding hydrogens is 280 g/mol. The fourth-order valence-corrected chi connectivity index (χ4v) is 2.84. The summed E-state index contributed by atoms with van der Waals surface area (Å²) in [6.07, 6.45) is 3.72. The number of halogens is 1. The molecule has 2 fully saturated rings. The highest BCUT2D eigenvalue weighted by Gasteiger charge is 2.42. The van der Waals surface area contributed by atoms with Gasteiger partial charge in [-0.15, -0.1) is 0 Å². The molecule has 1 aliphatic carbocycles. The van der Waals surface area contributed by atoms with Gasteiger partial charge in [0.05, 0.1) is 17.9 Å². The molecule has 1 aromatic rings. The zero-order chi connectivity index (χ0) is 11.9. The average Bonchev–Trinajstić information content (AvgIpc) is 2.31. The van der Waals surface area contributed by atoms with Crippen LogP contribution in [-0.4, -0.2) is 30.3 Å². The van der Waals surface area contributed by atoms with Crippen LogP contribution in [0.1, 0.15) is 25.0 Å². The molecule has 2 heterocycles. The lowest BCUT2D eigenvalue weighted by atomic mass is 9.79. The van der Waals surface area contributed by atoms with Crippen molar-refractivity contribution >= 4 is 21.7 Å². The predicted molar refractivity (Wildman–Crippen MR) is 71.4 cm³/mol. The summed E-state index contributed by atoms with van der Waals surface area (Å²) in [6, 6.07) is 4.18. The molecule has 2 aliphatic rings. The summed E-state index contributed by atoms with van der Waals surface area (Å²) >= 11 is 3.49. The fraction of sp³-hybridized carbons (Fsp3) is 0.615. The summed E-state index contributed by atoms with van der Waals surface area (Å²) in [7, 11) is 0. The van der Waals surface area contributed by atoms with E-state index in [1.54, 1.807) is 0 Å². The van der Waals surface area contributed by atoms with Gasteiger partial charge in [0.15, 0.2) is 0 Å². The van der Waals surface area contributed by atoms with Crippen LogP contribution in [0.5, 0.6) is 0 Å². The first-order valence-electron chi connectivity index (χ1n) is 6.21. The molecule has 0 unspecified atom stereocenters. The molecule has 1 saturated heterocycles. The van der Waals surface area contributed by atoms with Gasteiger partial charge in [-0.2, -0.15) is 0 Å². The maximum atomic E-state index is 5.93. The van der Waals surface area contributed by atoms with Crippen molar-refractivity contribution in [3.05, 3.63) is 22.3 Å². The molecule has 0 bridgehead atoms. The van der Waals surface area contributed by atoms with Gasteiger partial charge < -0.3 is 9.64 Å². The van der Waals surface area contributed by atoms with Crippen molar-refractivity contribution in [1.82, 2.24) is 4.98 Å². The third kappa shape index (κ3) is 2.08. The SMILES string of the molecule is Cc1nc(N2CCOC3(CCC3)C2)ccc1Br. The lowest BCUT2D eigenvalue weighted by Gasteiger charge is -2.48. The van der Waals surface area contributed by atoms with E-state index in [0.29, 0.717) is 0 Å². The van der Waals surface area contributed by atoms with E-state index in [9.17, 15) is 0 Å². The number of morpholine rings is 1. The van der Waals surface area contributed by atoms with Crippen molar-refractivity contribution in [2.75, 3.05) is 24.6 Å². The van der Waals surface area contributed by atoms with Crippen LogP contribution in [0.3, 0.4) is 0 Å². The monoisotopic (exact) mass is 296 g/mol. The van der Waals surface area contributed by atoms with E-state index in [1.165, 1.54) is 19.3 Å². The lowest BCUT2D eigenvalue weighted by molar-refractivity contribution is -0.106. The molecule has 0 radical (unpaired) electrons. The van der Waals surface area contributed by atoms with E-state index in [4.69, 9.17) is 4.74 Å². The zero-order valence-corrected chi connectivity index (χ0v) is 11.7. The highest BCUT2D eigenvalue weighted by atomic mass is 79.9. The Bertz CT molecular complexity index is 431. The highest BCUT2D eigenvalue weighted by Crippen LogP contribution is 2.39. The fourth-order valence-electron chi connectivity index (χ4n) is 2.62. The Morgan fingerprint density at radius 1 is 1.41 bits per heavy atom. The van der Waals surface area contributed by atoms with Crippen LogP contribution < -0.4 is 4.90 Å². The van der Waals surface area contributed by atoms with E-state index < -0.39 is 0 Å². The van der Waals surface area contributed by atoms with Crippen LogP contribution >= 0.6 is 15.9 Å². The number of ether oxygens (including phenoxy) is 1. The Morgan fingerprint density at radius 2 is 2.24 bits per heavy atom. The van der Waals surface area contributed by atoms with Crippen LogP contribution in [0.15, 0.2) is 16.6 Å². The second-order valence-electron chi connectivity index (χ2n) is 5.04. The van der Waals surface area contributed by atoms with Gasteiger partial charge in [-0.1, -0.05) is 0 Å². The number of anilines is 1. The van der Waals surface area contributed by atoms with Gasteiger partial charge in [-0.05, 0) is 54.2 Å². The highest BCUT2D eigenvalue weighted by molar-refractivity contribution is 9.10. The minimum Gasteiger partial charge on any atom is -0.371 e. The summed E-state index contributed by atoms with van der Waals surface area (Å²) in [6.45, 7) is 4.82. The van der Waals surface area contributed by atoms with Gasteiger partial charge in [-0.3, -0.25) is 0 Å². The van der Waals surface area contributed by atoms with Gasteiger partial charge in [0.1, 0.15) is 5.82 Å². The van der Waals surface area contributed by atoms with E-state index in [1.807, 2.05) is 6.92 Å². The Labute approximate surface area is 110 Å². The van der Waals surface area contributed by atoms with Crippen LogP contribution in [0.25, 0.3) is 0 Å². The topological polar surface area (TPSA) is 25.4 Å². The Kier molecular flexibility index (Phi) is 2.87. The molecule has 0 N–H and O–H groups in total. The first-order chi connectivity index (χ1) is 8.19. The summed E-state index contributed by atoms with van der Waals surface area (Å²) in [5.41, 5.74) is 1.19. The van der Waals surface area contributed by atoms with E-state index in [-0.39, 0.29) is 5.60 Å². The third-order valence-electron chi connectivity index (χ3n) is 3.84. The van der Waals surface area contributed by atoms with E-state index in [0.717, 1.165) is 35.7 Å². The second-order valence-corrected chi connectivity index (χ2v) is 5.90. The number of hydrogen-bond acceptors (Lipinski definition) is 3. The Morgan fingerprint density at radius 3 is 2.88 bits per heavy atom. The largest absolute Gasteiger partial charge is 0.371 e. The van der Waals surface area contributed by atoms with Crippen LogP contribution in [-0.2, 0) is 4.74 Å². The van der Waals surface area contributed by atoms with Crippen molar-refractivity contribution in [3.8, 4) is 0 Å². The van der Waals surface area contributed by atoms with Crippen molar-refractivity contribution in [1.29, 1.82) is 0 Å². The molecule has 1 saturated carbocycles. The summed E-state index contributed by atoms with van der Waals surface area (Å²) in [5, 5.41) is 0. The second kappa shape index (κ2) is 4.25. The molecule has 0 amide bonds. The zero-order valence-electron chi connectivity index (χ0n) is 10.1. The first kappa shape index (κ1) is 11.5. The number of aryl methyl sites for hydroxylation is 1. The van der Waals surface area contributed by atoms with Crippen LogP contribution in [0, 0.1) is 6.92 Å². The third-order valence-corrected chi connectivity index (χ3v) is 4.68. The van der Waals surface area contributed by atoms with Gasteiger partial charge in [0, 0.05) is 17.6 Å². The standard InChI is InChI=1S/C13H17BrN2O/c1-10-11(14)3-4-12(15-10)16-7-8-17-13(9-16)5-2-6-13/h3-4H,2,5-9H2,1H3. The number of rotatable bonds is 1. The number of pyridine rings is 1. The lowest BCUT2D eigenvalue weighted by Crippen LogP contribution is -2.56. The maximum Gasteiger partial charge on any atom is 0.129 e. The first-order valence-corrected chi connectivity index (χ1v) is 7.00. The molecule has 1 aromatic heterocycles. The van der Waals surface area contributed by atoms with Crippen LogP contribution in [0.2, 0.25) is 0 Å². The molecule has 3 rings (SSSR count).